The van der Waals surface area contributed by atoms with Gasteiger partial charge < -0.3 is 10.6 Å². The number of aryl methyl sites for hydroxylation is 1. The Balaban J connectivity index is 1.80. The van der Waals surface area contributed by atoms with Gasteiger partial charge in [-0.05, 0) is 42.7 Å². The van der Waals surface area contributed by atoms with E-state index >= 15 is 0 Å². The number of carbonyl (C=O) groups excluding carboxylic acids is 1. The zero-order valence-electron chi connectivity index (χ0n) is 12.1. The van der Waals surface area contributed by atoms with Gasteiger partial charge in [0.05, 0.1) is 0 Å². The highest BCUT2D eigenvalue weighted by Crippen LogP contribution is 2.16. The molecule has 0 aliphatic carbocycles. The molecule has 0 unspecified atom stereocenters. The number of carbonyl (C=O) groups is 1. The van der Waals surface area contributed by atoms with Crippen molar-refractivity contribution < 1.29 is 9.18 Å². The van der Waals surface area contributed by atoms with E-state index in [4.69, 9.17) is 0 Å². The van der Waals surface area contributed by atoms with Gasteiger partial charge in [0, 0.05) is 18.1 Å². The van der Waals surface area contributed by atoms with E-state index in [0.29, 0.717) is 24.3 Å². The molecule has 2 aromatic rings. The van der Waals surface area contributed by atoms with Gasteiger partial charge in [0.15, 0.2) is 5.69 Å². The lowest BCUT2D eigenvalue weighted by Gasteiger charge is -2.06. The first-order valence-electron chi connectivity index (χ1n) is 6.84. The minimum atomic E-state index is -0.273. The highest BCUT2D eigenvalue weighted by molar-refractivity contribution is 9.10. The molecule has 7 heteroatoms. The average molecular weight is 367 g/mol. The van der Waals surface area contributed by atoms with Crippen molar-refractivity contribution in [1.29, 1.82) is 0 Å². The summed E-state index contributed by atoms with van der Waals surface area (Å²) in [6.45, 7) is 0.642. The van der Waals surface area contributed by atoms with Crippen molar-refractivity contribution >= 4 is 27.7 Å². The Morgan fingerprint density at radius 3 is 2.73 bits per heavy atom. The van der Waals surface area contributed by atoms with E-state index < -0.39 is 0 Å². The molecule has 0 fully saturated rings. The molecule has 0 saturated carbocycles. The third kappa shape index (κ3) is 4.49. The predicted octanol–water partition coefficient (Wildman–Crippen LogP) is 2.78. The topological polar surface area (TPSA) is 66.9 Å². The summed E-state index contributed by atoms with van der Waals surface area (Å²) >= 11 is 3.23. The van der Waals surface area contributed by atoms with Gasteiger partial charge in [-0.1, -0.05) is 22.0 Å². The summed E-state index contributed by atoms with van der Waals surface area (Å²) in [6.07, 6.45) is 1.40. The molecule has 2 N–H and O–H groups in total. The molecule has 1 aromatic carbocycles. The van der Waals surface area contributed by atoms with Crippen LogP contribution < -0.4 is 10.6 Å². The van der Waals surface area contributed by atoms with E-state index in [1.165, 1.54) is 13.1 Å². The second kappa shape index (κ2) is 7.84. The zero-order chi connectivity index (χ0) is 15.9. The number of nitrogens with zero attached hydrogens (tertiary/aromatic N) is 2. The van der Waals surface area contributed by atoms with Gasteiger partial charge in [-0.3, -0.25) is 4.79 Å². The maximum absolute atomic E-state index is 13.6. The molecule has 0 aliphatic heterocycles. The SMILES string of the molecule is CNC(=O)c1ccc(NCCCc2ccc(Br)cc2F)nn1. The number of halogens is 2. The summed E-state index contributed by atoms with van der Waals surface area (Å²) in [4.78, 5) is 11.3. The molecule has 0 atom stereocenters. The molecule has 1 amide bonds. The van der Waals surface area contributed by atoms with E-state index in [0.717, 1.165) is 10.9 Å². The highest BCUT2D eigenvalue weighted by Gasteiger charge is 2.05. The largest absolute Gasteiger partial charge is 0.369 e. The van der Waals surface area contributed by atoms with Gasteiger partial charge in [-0.25, -0.2) is 4.39 Å². The van der Waals surface area contributed by atoms with E-state index in [1.54, 1.807) is 18.2 Å². The predicted molar refractivity (Wildman–Crippen MR) is 86.3 cm³/mol. The summed E-state index contributed by atoms with van der Waals surface area (Å²) in [7, 11) is 1.54. The number of amides is 1. The van der Waals surface area contributed by atoms with Gasteiger partial charge in [0.1, 0.15) is 11.6 Å². The van der Waals surface area contributed by atoms with Crippen molar-refractivity contribution in [2.45, 2.75) is 12.8 Å². The monoisotopic (exact) mass is 366 g/mol. The fraction of sp³-hybridized carbons (Fsp3) is 0.267. The third-order valence-electron chi connectivity index (χ3n) is 3.07. The van der Waals surface area contributed by atoms with Gasteiger partial charge in [-0.2, -0.15) is 0 Å². The molecule has 116 valence electrons. The third-order valence-corrected chi connectivity index (χ3v) is 3.56. The van der Waals surface area contributed by atoms with Crippen LogP contribution in [0.25, 0.3) is 0 Å². The molecule has 1 heterocycles. The van der Waals surface area contributed by atoms with Crippen LogP contribution in [0.1, 0.15) is 22.5 Å². The molecule has 5 nitrogen and oxygen atoms in total. The molecule has 0 saturated heterocycles. The van der Waals surface area contributed by atoms with E-state index in [2.05, 4.69) is 36.8 Å². The molecule has 0 radical (unpaired) electrons. The quantitative estimate of drug-likeness (QED) is 0.771. The first-order valence-corrected chi connectivity index (χ1v) is 7.63. The fourth-order valence-corrected chi connectivity index (χ4v) is 2.23. The maximum Gasteiger partial charge on any atom is 0.271 e. The lowest BCUT2D eigenvalue weighted by molar-refractivity contribution is 0.0957. The van der Waals surface area contributed by atoms with Crippen LogP contribution in [-0.4, -0.2) is 29.7 Å². The van der Waals surface area contributed by atoms with Crippen LogP contribution in [0.3, 0.4) is 0 Å². The van der Waals surface area contributed by atoms with Crippen LogP contribution in [0.15, 0.2) is 34.8 Å². The van der Waals surface area contributed by atoms with Gasteiger partial charge in [0.25, 0.3) is 5.91 Å². The summed E-state index contributed by atoms with van der Waals surface area (Å²) in [6, 6.07) is 8.36. The van der Waals surface area contributed by atoms with Gasteiger partial charge >= 0.3 is 0 Å². The molecule has 0 aliphatic rings. The number of anilines is 1. The molecular formula is C15H16BrFN4O. The number of rotatable bonds is 6. The Morgan fingerprint density at radius 1 is 1.27 bits per heavy atom. The van der Waals surface area contributed by atoms with Gasteiger partial charge in [0.2, 0.25) is 0 Å². The van der Waals surface area contributed by atoms with Crippen molar-refractivity contribution in [2.75, 3.05) is 18.9 Å². The van der Waals surface area contributed by atoms with E-state index in [-0.39, 0.29) is 17.4 Å². The van der Waals surface area contributed by atoms with E-state index in [9.17, 15) is 9.18 Å². The van der Waals surface area contributed by atoms with Crippen LogP contribution in [0, 0.1) is 5.82 Å². The number of nitrogens with one attached hydrogen (secondary N) is 2. The Bertz CT molecular complexity index is 648. The van der Waals surface area contributed by atoms with Crippen LogP contribution in [0.4, 0.5) is 10.2 Å². The average Bonchev–Trinajstić information content (AvgIpc) is 2.53. The summed E-state index contributed by atoms with van der Waals surface area (Å²) in [5, 5.41) is 13.3. The second-order valence-electron chi connectivity index (χ2n) is 4.65. The van der Waals surface area contributed by atoms with Crippen molar-refractivity contribution in [3.63, 3.8) is 0 Å². The normalized spacial score (nSPS) is 10.3. The zero-order valence-corrected chi connectivity index (χ0v) is 13.7. The first kappa shape index (κ1) is 16.4. The minimum Gasteiger partial charge on any atom is -0.369 e. The highest BCUT2D eigenvalue weighted by atomic mass is 79.9. The molecule has 1 aromatic heterocycles. The molecular weight excluding hydrogens is 351 g/mol. The molecule has 2 rings (SSSR count). The van der Waals surface area contributed by atoms with Crippen LogP contribution in [0.2, 0.25) is 0 Å². The standard InChI is InChI=1S/C15H16BrFN4O/c1-18-15(22)13-6-7-14(21-20-13)19-8-2-3-10-4-5-11(16)9-12(10)17/h4-7,9H,2-3,8H2,1H3,(H,18,22)(H,19,21). The Hall–Kier alpha value is -2.02. The van der Waals surface area contributed by atoms with Crippen molar-refractivity contribution in [3.8, 4) is 0 Å². The molecule has 0 spiro atoms. The van der Waals surface area contributed by atoms with Crippen LogP contribution in [-0.2, 0) is 6.42 Å². The van der Waals surface area contributed by atoms with Crippen molar-refractivity contribution in [3.05, 3.63) is 51.9 Å². The number of aromatic nitrogens is 2. The summed E-state index contributed by atoms with van der Waals surface area (Å²) in [5.74, 6) is 0.109. The number of hydrogen-bond donors (Lipinski definition) is 2. The lowest BCUT2D eigenvalue weighted by Crippen LogP contribution is -2.19. The Kier molecular flexibility index (Phi) is 5.83. The van der Waals surface area contributed by atoms with Crippen LogP contribution >= 0.6 is 15.9 Å². The lowest BCUT2D eigenvalue weighted by atomic mass is 10.1. The van der Waals surface area contributed by atoms with Crippen molar-refractivity contribution in [2.24, 2.45) is 0 Å². The maximum atomic E-state index is 13.6. The number of benzene rings is 1. The number of hydrogen-bond acceptors (Lipinski definition) is 4. The molecule has 22 heavy (non-hydrogen) atoms. The fourth-order valence-electron chi connectivity index (χ4n) is 1.90. The van der Waals surface area contributed by atoms with Crippen molar-refractivity contribution in [1.82, 2.24) is 15.5 Å². The van der Waals surface area contributed by atoms with Gasteiger partial charge in [-0.15, -0.1) is 10.2 Å². The smallest absolute Gasteiger partial charge is 0.271 e. The summed E-state index contributed by atoms with van der Waals surface area (Å²) < 4.78 is 14.4. The Morgan fingerprint density at radius 2 is 2.09 bits per heavy atom. The molecule has 0 bridgehead atoms. The second-order valence-corrected chi connectivity index (χ2v) is 5.56. The van der Waals surface area contributed by atoms with Crippen LogP contribution in [0.5, 0.6) is 0 Å². The first-order chi connectivity index (χ1) is 10.6. The Labute approximate surface area is 136 Å². The van der Waals surface area contributed by atoms with E-state index in [1.807, 2.05) is 6.07 Å². The minimum absolute atomic E-state index is 0.205. The summed E-state index contributed by atoms with van der Waals surface area (Å²) in [5.41, 5.74) is 0.955.